The Hall–Kier alpha value is -0.260. The molecule has 0 saturated carbocycles. The van der Waals surface area contributed by atoms with Gasteiger partial charge in [0.05, 0.1) is 0 Å². The molecule has 0 saturated heterocycles. The highest BCUT2D eigenvalue weighted by Gasteiger charge is 2.02. The zero-order chi connectivity index (χ0) is 10.3. The van der Waals surface area contributed by atoms with Crippen LogP contribution < -0.4 is 0 Å². The second-order valence-electron chi connectivity index (χ2n) is 4.50. The minimum Gasteiger partial charge on any atom is -0.0828 e. The summed E-state index contributed by atoms with van der Waals surface area (Å²) >= 11 is 0. The molecule has 2 atom stereocenters. The highest BCUT2D eigenvalue weighted by atomic mass is 14.1. The Morgan fingerprint density at radius 2 is 1.85 bits per heavy atom. The van der Waals surface area contributed by atoms with Crippen LogP contribution >= 0.6 is 0 Å². The summed E-state index contributed by atoms with van der Waals surface area (Å²) in [4.78, 5) is 0. The van der Waals surface area contributed by atoms with Crippen molar-refractivity contribution < 1.29 is 0 Å². The second-order valence-corrected chi connectivity index (χ2v) is 4.50. The first-order valence-electron chi connectivity index (χ1n) is 5.77. The van der Waals surface area contributed by atoms with E-state index in [1.807, 2.05) is 0 Å². The van der Waals surface area contributed by atoms with E-state index in [1.165, 1.54) is 25.7 Å². The molecule has 78 valence electrons. The third-order valence-electron chi connectivity index (χ3n) is 2.66. The average Bonchev–Trinajstić information content (AvgIpc) is 2.04. The summed E-state index contributed by atoms with van der Waals surface area (Å²) in [6.45, 7) is 11.5. The molecule has 0 aliphatic carbocycles. The number of hydrogen-bond acceptors (Lipinski definition) is 0. The summed E-state index contributed by atoms with van der Waals surface area (Å²) in [5.74, 6) is 1.62. The van der Waals surface area contributed by atoms with Crippen molar-refractivity contribution in [2.75, 3.05) is 0 Å². The van der Waals surface area contributed by atoms with Crippen molar-refractivity contribution in [3.05, 3.63) is 11.6 Å². The molecule has 0 aromatic rings. The van der Waals surface area contributed by atoms with Crippen molar-refractivity contribution in [3.8, 4) is 0 Å². The standard InChI is InChI=1S/C13H26/c1-6-8-12(4)10-13(5)9-11(3)7-2/h9,11-12H,6-8,10H2,1-5H3. The molecule has 2 unspecified atom stereocenters. The third-order valence-corrected chi connectivity index (χ3v) is 2.66. The van der Waals surface area contributed by atoms with Gasteiger partial charge in [-0.05, 0) is 25.2 Å². The van der Waals surface area contributed by atoms with E-state index < -0.39 is 0 Å². The summed E-state index contributed by atoms with van der Waals surface area (Å²) in [5.41, 5.74) is 1.58. The molecule has 0 fully saturated rings. The maximum absolute atomic E-state index is 2.44. The zero-order valence-electron chi connectivity index (χ0n) is 10.1. The molecule has 0 N–H and O–H groups in total. The first-order chi connectivity index (χ1) is 6.10. The summed E-state index contributed by atoms with van der Waals surface area (Å²) in [7, 11) is 0. The molecular formula is C13H26. The fourth-order valence-electron chi connectivity index (χ4n) is 1.82. The fraction of sp³-hybridized carbons (Fsp3) is 0.846. The topological polar surface area (TPSA) is 0 Å². The van der Waals surface area contributed by atoms with E-state index in [9.17, 15) is 0 Å². The van der Waals surface area contributed by atoms with Crippen molar-refractivity contribution in [3.63, 3.8) is 0 Å². The highest BCUT2D eigenvalue weighted by Crippen LogP contribution is 2.18. The van der Waals surface area contributed by atoms with Gasteiger partial charge in [0.15, 0.2) is 0 Å². The number of hydrogen-bond donors (Lipinski definition) is 0. The maximum atomic E-state index is 2.44. The summed E-state index contributed by atoms with van der Waals surface area (Å²) in [5, 5.41) is 0. The van der Waals surface area contributed by atoms with Gasteiger partial charge in [0.2, 0.25) is 0 Å². The van der Waals surface area contributed by atoms with Crippen LogP contribution in [0.15, 0.2) is 11.6 Å². The zero-order valence-corrected chi connectivity index (χ0v) is 10.1. The van der Waals surface area contributed by atoms with E-state index in [0.717, 1.165) is 11.8 Å². The average molecular weight is 182 g/mol. The Bertz CT molecular complexity index is 144. The van der Waals surface area contributed by atoms with Gasteiger partial charge >= 0.3 is 0 Å². The second kappa shape index (κ2) is 7.17. The molecule has 0 bridgehead atoms. The van der Waals surface area contributed by atoms with Crippen LogP contribution in [0.2, 0.25) is 0 Å². The lowest BCUT2D eigenvalue weighted by atomic mass is 9.95. The Morgan fingerprint density at radius 3 is 2.31 bits per heavy atom. The smallest absolute Gasteiger partial charge is 0.0262 e. The van der Waals surface area contributed by atoms with Crippen LogP contribution in [-0.4, -0.2) is 0 Å². The minimum atomic E-state index is 0.758. The molecule has 0 nitrogen and oxygen atoms in total. The van der Waals surface area contributed by atoms with Gasteiger partial charge in [-0.3, -0.25) is 0 Å². The normalized spacial score (nSPS) is 17.2. The van der Waals surface area contributed by atoms with Crippen LogP contribution in [-0.2, 0) is 0 Å². The summed E-state index contributed by atoms with van der Waals surface area (Å²) < 4.78 is 0. The van der Waals surface area contributed by atoms with Crippen LogP contribution in [0.3, 0.4) is 0 Å². The largest absolute Gasteiger partial charge is 0.0828 e. The lowest BCUT2D eigenvalue weighted by Gasteiger charge is -2.11. The van der Waals surface area contributed by atoms with Crippen molar-refractivity contribution in [2.24, 2.45) is 11.8 Å². The summed E-state index contributed by atoms with van der Waals surface area (Å²) in [6.07, 6.45) is 7.67. The molecule has 0 aliphatic heterocycles. The Kier molecular flexibility index (Phi) is 7.03. The maximum Gasteiger partial charge on any atom is -0.0262 e. The minimum absolute atomic E-state index is 0.758. The van der Waals surface area contributed by atoms with Gasteiger partial charge in [0, 0.05) is 0 Å². The van der Waals surface area contributed by atoms with E-state index in [0.29, 0.717) is 0 Å². The molecule has 13 heavy (non-hydrogen) atoms. The predicted molar refractivity (Wildman–Crippen MR) is 61.9 cm³/mol. The van der Waals surface area contributed by atoms with Crippen molar-refractivity contribution in [1.29, 1.82) is 0 Å². The van der Waals surface area contributed by atoms with E-state index in [1.54, 1.807) is 5.57 Å². The monoisotopic (exact) mass is 182 g/mol. The Labute approximate surface area is 84.4 Å². The van der Waals surface area contributed by atoms with Gasteiger partial charge < -0.3 is 0 Å². The first-order valence-corrected chi connectivity index (χ1v) is 5.77. The van der Waals surface area contributed by atoms with E-state index >= 15 is 0 Å². The quantitative estimate of drug-likeness (QED) is 0.517. The van der Waals surface area contributed by atoms with Crippen LogP contribution in [0.4, 0.5) is 0 Å². The number of allylic oxidation sites excluding steroid dienone is 2. The molecule has 0 radical (unpaired) electrons. The van der Waals surface area contributed by atoms with Crippen LogP contribution in [0.1, 0.15) is 60.3 Å². The molecule has 0 amide bonds. The van der Waals surface area contributed by atoms with Gasteiger partial charge in [-0.25, -0.2) is 0 Å². The van der Waals surface area contributed by atoms with E-state index in [-0.39, 0.29) is 0 Å². The predicted octanol–water partition coefficient (Wildman–Crippen LogP) is 4.81. The van der Waals surface area contributed by atoms with E-state index in [2.05, 4.69) is 40.7 Å². The van der Waals surface area contributed by atoms with Gasteiger partial charge in [0.1, 0.15) is 0 Å². The van der Waals surface area contributed by atoms with Crippen molar-refractivity contribution >= 4 is 0 Å². The lowest BCUT2D eigenvalue weighted by molar-refractivity contribution is 0.517. The lowest BCUT2D eigenvalue weighted by Crippen LogP contribution is -1.96. The van der Waals surface area contributed by atoms with Crippen LogP contribution in [0, 0.1) is 11.8 Å². The third kappa shape index (κ3) is 6.86. The molecule has 0 heteroatoms. The van der Waals surface area contributed by atoms with Crippen molar-refractivity contribution in [1.82, 2.24) is 0 Å². The summed E-state index contributed by atoms with van der Waals surface area (Å²) in [6, 6.07) is 0. The molecule has 0 spiro atoms. The highest BCUT2D eigenvalue weighted by molar-refractivity contribution is 5.00. The van der Waals surface area contributed by atoms with Crippen LogP contribution in [0.5, 0.6) is 0 Å². The molecule has 0 rings (SSSR count). The van der Waals surface area contributed by atoms with E-state index in [4.69, 9.17) is 0 Å². The first kappa shape index (κ1) is 12.7. The van der Waals surface area contributed by atoms with Gasteiger partial charge in [-0.15, -0.1) is 0 Å². The number of rotatable bonds is 6. The molecule has 0 heterocycles. The molecule has 0 aromatic heterocycles. The van der Waals surface area contributed by atoms with Gasteiger partial charge in [-0.1, -0.05) is 58.6 Å². The van der Waals surface area contributed by atoms with Crippen molar-refractivity contribution in [2.45, 2.75) is 60.3 Å². The van der Waals surface area contributed by atoms with Gasteiger partial charge in [0.25, 0.3) is 0 Å². The Balaban J connectivity index is 3.83. The van der Waals surface area contributed by atoms with Crippen LogP contribution in [0.25, 0.3) is 0 Å². The van der Waals surface area contributed by atoms with Gasteiger partial charge in [-0.2, -0.15) is 0 Å². The SMILES string of the molecule is CCCC(C)CC(C)=CC(C)CC. The fourth-order valence-corrected chi connectivity index (χ4v) is 1.82. The molecule has 0 aromatic carbocycles. The Morgan fingerprint density at radius 1 is 1.23 bits per heavy atom. The molecule has 0 aliphatic rings. The molecular weight excluding hydrogens is 156 g/mol.